The van der Waals surface area contributed by atoms with Gasteiger partial charge in [0.1, 0.15) is 27.1 Å². The molecule has 0 bridgehead atoms. The van der Waals surface area contributed by atoms with E-state index in [1.807, 2.05) is 22.9 Å². The number of nitrogen functional groups attached to an aromatic ring is 1. The number of hydrogen-bond donors (Lipinski definition) is 5. The molecule has 2 aromatic heterocycles. The number of aliphatic carboxylic acids is 2. The van der Waals surface area contributed by atoms with Crippen molar-refractivity contribution in [2.24, 2.45) is 10.3 Å². The molecule has 0 unspecified atom stereocenters. The van der Waals surface area contributed by atoms with Crippen molar-refractivity contribution in [1.29, 1.82) is 0 Å². The Labute approximate surface area is 266 Å². The number of nitrogens with two attached hydrogens (primary N) is 1. The molecule has 2 aromatic rings. The van der Waals surface area contributed by atoms with Gasteiger partial charge in [0.25, 0.3) is 11.8 Å². The first-order valence-corrected chi connectivity index (χ1v) is 15.4. The number of thioether (sulfide) groups is 1. The molecule has 17 nitrogen and oxygen atoms in total. The van der Waals surface area contributed by atoms with Crippen LogP contribution in [0.2, 0.25) is 4.34 Å². The van der Waals surface area contributed by atoms with Gasteiger partial charge < -0.3 is 31.4 Å². The average molecular weight is 680 g/mol. The number of rotatable bonds is 11. The maximum absolute atomic E-state index is 13.4. The third-order valence-electron chi connectivity index (χ3n) is 7.07. The second kappa shape index (κ2) is 13.3. The van der Waals surface area contributed by atoms with Gasteiger partial charge >= 0.3 is 17.8 Å². The number of anilines is 1. The van der Waals surface area contributed by atoms with Crippen LogP contribution in [-0.4, -0.2) is 85.3 Å². The first kappa shape index (κ1) is 31.9. The summed E-state index contributed by atoms with van der Waals surface area (Å²) in [5.74, 6) is -5.83. The van der Waals surface area contributed by atoms with Crippen LogP contribution in [0.1, 0.15) is 23.4 Å². The van der Waals surface area contributed by atoms with Crippen LogP contribution in [0, 0.1) is 4.91 Å². The van der Waals surface area contributed by atoms with Crippen LogP contribution in [-0.2, 0) is 48.3 Å². The molecule has 0 spiro atoms. The van der Waals surface area contributed by atoms with Gasteiger partial charge in [0.2, 0.25) is 6.10 Å². The smallest absolute Gasteiger partial charge is 0.352 e. The average Bonchev–Trinajstić information content (AvgIpc) is 3.35. The fourth-order valence-electron chi connectivity index (χ4n) is 5.06. The Morgan fingerprint density at radius 1 is 1.33 bits per heavy atom. The minimum absolute atomic E-state index is 0.0745. The molecule has 0 radical (unpaired) electrons. The minimum Gasteiger partial charge on any atom is -0.481 e. The zero-order valence-corrected chi connectivity index (χ0v) is 25.4. The van der Waals surface area contributed by atoms with Crippen molar-refractivity contribution in [2.45, 2.75) is 43.5 Å². The fraction of sp³-hybridized carbons (Fsp3) is 0.360. The number of hydrogen-bond acceptors (Lipinski definition) is 13. The van der Waals surface area contributed by atoms with Gasteiger partial charge in [-0.15, -0.1) is 16.7 Å². The summed E-state index contributed by atoms with van der Waals surface area (Å²) in [6, 6.07) is 2.68. The molecule has 3 aliphatic rings. The van der Waals surface area contributed by atoms with Crippen LogP contribution in [0.5, 0.6) is 0 Å². The molecule has 0 aromatic carbocycles. The SMILES string of the molecule is Nc1nc(/C(=N/O[C@@H](CC(=O)O)C(=O)N=O)C(=O)N[C@@H]2C(=O)N3C(C(=O)O)=C(C[n+]4cccc5c4CCNC5)CS[C@H]23)c(Cl)s1. The molecule has 20 heteroatoms. The number of carbonyl (C=O) groups excluding carboxylic acids is 3. The Morgan fingerprint density at radius 2 is 2.11 bits per heavy atom. The molecule has 3 atom stereocenters. The third kappa shape index (κ3) is 6.51. The lowest BCUT2D eigenvalue weighted by atomic mass is 10.0. The van der Waals surface area contributed by atoms with Crippen molar-refractivity contribution in [1.82, 2.24) is 20.5 Å². The summed E-state index contributed by atoms with van der Waals surface area (Å²) < 4.78 is 1.86. The monoisotopic (exact) mass is 679 g/mol. The minimum atomic E-state index is -1.97. The highest BCUT2D eigenvalue weighted by atomic mass is 35.5. The first-order chi connectivity index (χ1) is 21.5. The van der Waals surface area contributed by atoms with Crippen LogP contribution in [0.25, 0.3) is 0 Å². The number of thiazole rings is 1. The number of nitrogens with one attached hydrogen (secondary N) is 2. The molecule has 45 heavy (non-hydrogen) atoms. The maximum Gasteiger partial charge on any atom is 0.352 e. The number of pyridine rings is 1. The second-order valence-electron chi connectivity index (χ2n) is 9.89. The fourth-order valence-corrected chi connectivity index (χ4v) is 7.32. The predicted molar refractivity (Wildman–Crippen MR) is 158 cm³/mol. The van der Waals surface area contributed by atoms with E-state index in [2.05, 4.69) is 26.0 Å². The molecule has 5 rings (SSSR count). The largest absolute Gasteiger partial charge is 0.481 e. The van der Waals surface area contributed by atoms with Gasteiger partial charge in [-0.2, -0.15) is 4.57 Å². The normalized spacial score (nSPS) is 20.0. The number of carboxylic acids is 2. The quantitative estimate of drug-likeness (QED) is 0.0668. The number of carbonyl (C=O) groups is 5. The van der Waals surface area contributed by atoms with Gasteiger partial charge in [-0.3, -0.25) is 24.1 Å². The molecular weight excluding hydrogens is 656 g/mol. The molecule has 0 aliphatic carbocycles. The van der Waals surface area contributed by atoms with Crippen molar-refractivity contribution in [3.63, 3.8) is 0 Å². The highest BCUT2D eigenvalue weighted by Gasteiger charge is 2.55. The molecule has 236 valence electrons. The van der Waals surface area contributed by atoms with E-state index in [0.717, 1.165) is 40.5 Å². The van der Waals surface area contributed by atoms with E-state index in [1.165, 1.54) is 11.8 Å². The molecule has 1 fully saturated rings. The maximum atomic E-state index is 13.4. The number of aromatic nitrogens is 2. The van der Waals surface area contributed by atoms with Crippen LogP contribution >= 0.6 is 34.7 Å². The summed E-state index contributed by atoms with van der Waals surface area (Å²) in [6.07, 6.45) is -0.346. The summed E-state index contributed by atoms with van der Waals surface area (Å²) in [5, 5.41) is 29.7. The van der Waals surface area contributed by atoms with Gasteiger partial charge in [0.15, 0.2) is 29.3 Å². The van der Waals surface area contributed by atoms with Gasteiger partial charge in [-0.25, -0.2) is 9.78 Å². The third-order valence-corrected chi connectivity index (χ3v) is 9.49. The predicted octanol–water partition coefficient (Wildman–Crippen LogP) is -0.392. The van der Waals surface area contributed by atoms with E-state index in [9.17, 15) is 34.0 Å². The van der Waals surface area contributed by atoms with E-state index >= 15 is 0 Å². The van der Waals surface area contributed by atoms with Crippen molar-refractivity contribution in [3.8, 4) is 0 Å². The molecule has 0 saturated carbocycles. The molecule has 1 saturated heterocycles. The van der Waals surface area contributed by atoms with E-state index in [-0.39, 0.29) is 33.2 Å². The Hall–Kier alpha value is -4.46. The van der Waals surface area contributed by atoms with Crippen LogP contribution in [0.4, 0.5) is 5.13 Å². The van der Waals surface area contributed by atoms with Gasteiger partial charge in [-0.1, -0.05) is 28.1 Å². The number of β-lactam (4-membered cyclic amide) rings is 1. The number of amides is 3. The molecule has 5 heterocycles. The number of oxime groups is 1. The zero-order chi connectivity index (χ0) is 32.4. The Morgan fingerprint density at radius 3 is 2.78 bits per heavy atom. The highest BCUT2D eigenvalue weighted by molar-refractivity contribution is 8.00. The Kier molecular flexibility index (Phi) is 9.42. The Bertz CT molecular complexity index is 1680. The van der Waals surface area contributed by atoms with Crippen LogP contribution in [0.3, 0.4) is 0 Å². The van der Waals surface area contributed by atoms with Crippen molar-refractivity contribution >= 4 is 75.2 Å². The number of carboxylic acid groups (broad SMARTS) is 2. The lowest BCUT2D eigenvalue weighted by Gasteiger charge is -2.49. The first-order valence-electron chi connectivity index (χ1n) is 13.2. The van der Waals surface area contributed by atoms with E-state index in [0.29, 0.717) is 12.1 Å². The van der Waals surface area contributed by atoms with E-state index in [4.69, 9.17) is 27.3 Å². The van der Waals surface area contributed by atoms with Crippen LogP contribution < -0.4 is 20.9 Å². The highest BCUT2D eigenvalue weighted by Crippen LogP contribution is 2.40. The number of halogens is 1. The number of nitrogens with zero attached hydrogens (tertiary/aromatic N) is 5. The summed E-state index contributed by atoms with van der Waals surface area (Å²) >= 11 is 8.18. The van der Waals surface area contributed by atoms with Gasteiger partial charge in [0.05, 0.1) is 6.42 Å². The summed E-state index contributed by atoms with van der Waals surface area (Å²) in [6.45, 7) is 1.74. The van der Waals surface area contributed by atoms with Crippen molar-refractivity contribution in [3.05, 3.63) is 55.8 Å². The molecule has 6 N–H and O–H groups in total. The summed E-state index contributed by atoms with van der Waals surface area (Å²) in [7, 11) is 0. The number of nitroso groups, excluding NO2 is 1. The van der Waals surface area contributed by atoms with Gasteiger partial charge in [0, 0.05) is 47.6 Å². The molecular formula is C25H24ClN8O9S2+. The van der Waals surface area contributed by atoms with Crippen LogP contribution in [0.15, 0.2) is 39.9 Å². The van der Waals surface area contributed by atoms with Gasteiger partial charge in [-0.05, 0) is 6.07 Å². The van der Waals surface area contributed by atoms with Crippen molar-refractivity contribution < 1.29 is 43.6 Å². The lowest BCUT2D eigenvalue weighted by molar-refractivity contribution is -0.697. The van der Waals surface area contributed by atoms with E-state index < -0.39 is 59.3 Å². The summed E-state index contributed by atoms with van der Waals surface area (Å²) in [4.78, 5) is 82.7. The second-order valence-corrected chi connectivity index (χ2v) is 12.6. The van der Waals surface area contributed by atoms with E-state index in [1.54, 1.807) is 0 Å². The summed E-state index contributed by atoms with van der Waals surface area (Å²) in [5.41, 5.74) is 7.24. The molecule has 3 amide bonds. The standard InChI is InChI=1S/C25H23ClN8O9S2/c26-19-15(30-25(27)45-19)16(32-43-13(6-14(35)36)20(37)31-42)21(38)29-17-22(39)34-18(24(40)41)11(9-44-23(17)34)8-33-5-1-2-10-7-28-4-3-12(10)33/h1-2,5,13,17,23,28H,3-4,6-9H2,(H4-,27,29,30,35,36,38,40,41)/p+1/b32-16-/t13-,17+,23+/m0/s1. The number of fused-ring (bicyclic) bond motifs is 2. The zero-order valence-electron chi connectivity index (χ0n) is 23.0. The Balaban J connectivity index is 1.38. The van der Waals surface area contributed by atoms with Crippen molar-refractivity contribution in [2.75, 3.05) is 18.0 Å². The molecule has 3 aliphatic heterocycles. The topological polar surface area (TPSA) is 247 Å². The lowest BCUT2D eigenvalue weighted by Crippen LogP contribution is -2.71.